The van der Waals surface area contributed by atoms with E-state index in [0.717, 1.165) is 11.1 Å². The number of carbonyl (C=O) groups is 2. The molecule has 0 fully saturated rings. The van der Waals surface area contributed by atoms with Crippen LogP contribution >= 0.6 is 0 Å². The number of aliphatic carboxylic acids is 1. The fourth-order valence-electron chi connectivity index (χ4n) is 2.36. The molecule has 0 aliphatic rings. The van der Waals surface area contributed by atoms with E-state index < -0.39 is 5.97 Å². The van der Waals surface area contributed by atoms with Gasteiger partial charge >= 0.3 is 5.97 Å². The molecule has 0 amide bonds. The first-order chi connectivity index (χ1) is 9.27. The van der Waals surface area contributed by atoms with Gasteiger partial charge in [0.25, 0.3) is 0 Å². The molecule has 1 N–H and O–H groups in total. The molecular formula is C17H22O3. The largest absolute Gasteiger partial charge is 0.481 e. The predicted molar refractivity (Wildman–Crippen MR) is 80.2 cm³/mol. The van der Waals surface area contributed by atoms with Crippen molar-refractivity contribution in [2.24, 2.45) is 0 Å². The summed E-state index contributed by atoms with van der Waals surface area (Å²) < 4.78 is 0. The third kappa shape index (κ3) is 4.05. The Labute approximate surface area is 120 Å². The van der Waals surface area contributed by atoms with E-state index >= 15 is 0 Å². The smallest absolute Gasteiger partial charge is 0.303 e. The highest BCUT2D eigenvalue weighted by Gasteiger charge is 2.20. The van der Waals surface area contributed by atoms with Gasteiger partial charge in [0.15, 0.2) is 5.78 Å². The zero-order chi connectivity index (χ0) is 15.3. The monoisotopic (exact) mass is 274 g/mol. The summed E-state index contributed by atoms with van der Waals surface area (Å²) in [5.41, 5.74) is 2.66. The van der Waals surface area contributed by atoms with Crippen LogP contribution in [0.15, 0.2) is 30.4 Å². The van der Waals surface area contributed by atoms with E-state index in [-0.39, 0.29) is 24.0 Å². The van der Waals surface area contributed by atoms with Crippen molar-refractivity contribution in [2.75, 3.05) is 0 Å². The molecule has 0 radical (unpaired) electrons. The predicted octanol–water partition coefficient (Wildman–Crippen LogP) is 3.90. The maximum Gasteiger partial charge on any atom is 0.303 e. The van der Waals surface area contributed by atoms with Gasteiger partial charge in [-0.1, -0.05) is 38.1 Å². The normalized spacial score (nSPS) is 11.8. The first-order valence-electron chi connectivity index (χ1n) is 6.78. The van der Waals surface area contributed by atoms with Crippen LogP contribution in [0, 0.1) is 6.92 Å². The second kappa shape index (κ2) is 6.51. The molecular weight excluding hydrogens is 252 g/mol. The van der Waals surface area contributed by atoms with E-state index in [2.05, 4.69) is 19.9 Å². The first kappa shape index (κ1) is 16.2. The minimum atomic E-state index is -0.945. The van der Waals surface area contributed by atoms with Gasteiger partial charge in [-0.15, -0.1) is 0 Å². The van der Waals surface area contributed by atoms with Crippen LogP contribution in [-0.4, -0.2) is 16.9 Å². The molecule has 0 saturated heterocycles. The van der Waals surface area contributed by atoms with Gasteiger partial charge in [0.2, 0.25) is 0 Å². The van der Waals surface area contributed by atoms with Gasteiger partial charge in [-0.05, 0) is 31.0 Å². The van der Waals surface area contributed by atoms with Crippen LogP contribution in [0.3, 0.4) is 0 Å². The van der Waals surface area contributed by atoms with Crippen LogP contribution < -0.4 is 0 Å². The Kier molecular flexibility index (Phi) is 5.26. The molecule has 0 aliphatic heterocycles. The zero-order valence-electron chi connectivity index (χ0n) is 12.6. The second-order valence-corrected chi connectivity index (χ2v) is 5.57. The van der Waals surface area contributed by atoms with E-state index in [4.69, 9.17) is 5.11 Å². The number of carboxylic acid groups (broad SMARTS) is 1. The molecule has 0 aromatic heterocycles. The molecule has 0 unspecified atom stereocenters. The molecule has 1 aromatic rings. The number of Topliss-reactive ketones (excluding diaryl/α,β-unsaturated/α-hetero) is 1. The molecule has 3 heteroatoms. The summed E-state index contributed by atoms with van der Waals surface area (Å²) in [5.74, 6) is -1.06. The lowest BCUT2D eigenvalue weighted by atomic mass is 9.80. The van der Waals surface area contributed by atoms with Gasteiger partial charge in [0.05, 0.1) is 6.42 Å². The standard InChI is InChI=1S/C17H22O3/c1-5-10-17(3,4)14-11-13(7-6-12(14)2)15(18)8-9-16(19)20/h5-7,10-11H,8-9H2,1-4H3,(H,19,20)/b10-5+. The van der Waals surface area contributed by atoms with Crippen LogP contribution in [0.1, 0.15) is 55.1 Å². The van der Waals surface area contributed by atoms with Gasteiger partial charge in [-0.3, -0.25) is 9.59 Å². The summed E-state index contributed by atoms with van der Waals surface area (Å²) in [7, 11) is 0. The molecule has 108 valence electrons. The summed E-state index contributed by atoms with van der Waals surface area (Å²) >= 11 is 0. The summed E-state index contributed by atoms with van der Waals surface area (Å²) in [6.07, 6.45) is 4.02. The number of carboxylic acids is 1. The Morgan fingerprint density at radius 2 is 1.90 bits per heavy atom. The minimum absolute atomic E-state index is 0.0435. The van der Waals surface area contributed by atoms with Crippen LogP contribution in [0.2, 0.25) is 0 Å². The van der Waals surface area contributed by atoms with Crippen molar-refractivity contribution in [1.29, 1.82) is 0 Å². The number of benzene rings is 1. The molecule has 0 atom stereocenters. The van der Waals surface area contributed by atoms with E-state index in [0.29, 0.717) is 5.56 Å². The molecule has 20 heavy (non-hydrogen) atoms. The van der Waals surface area contributed by atoms with Crippen molar-refractivity contribution >= 4 is 11.8 Å². The van der Waals surface area contributed by atoms with E-state index in [9.17, 15) is 9.59 Å². The molecule has 0 aliphatic carbocycles. The zero-order valence-corrected chi connectivity index (χ0v) is 12.6. The average molecular weight is 274 g/mol. The molecule has 1 rings (SSSR count). The topological polar surface area (TPSA) is 54.4 Å². The quantitative estimate of drug-likeness (QED) is 0.632. The number of carbonyl (C=O) groups excluding carboxylic acids is 1. The van der Waals surface area contributed by atoms with Crippen LogP contribution in [0.4, 0.5) is 0 Å². The fraction of sp³-hybridized carbons (Fsp3) is 0.412. The number of aryl methyl sites for hydroxylation is 1. The Hall–Kier alpha value is -1.90. The van der Waals surface area contributed by atoms with Gasteiger partial charge < -0.3 is 5.11 Å². The maximum atomic E-state index is 12.0. The van der Waals surface area contributed by atoms with Gasteiger partial charge in [-0.25, -0.2) is 0 Å². The summed E-state index contributed by atoms with van der Waals surface area (Å²) in [4.78, 5) is 22.6. The maximum absolute atomic E-state index is 12.0. The second-order valence-electron chi connectivity index (χ2n) is 5.57. The van der Waals surface area contributed by atoms with E-state index in [1.807, 2.05) is 32.1 Å². The number of rotatable bonds is 6. The van der Waals surface area contributed by atoms with Crippen LogP contribution in [0.25, 0.3) is 0 Å². The molecule has 0 bridgehead atoms. The first-order valence-corrected chi connectivity index (χ1v) is 6.78. The fourth-order valence-corrected chi connectivity index (χ4v) is 2.36. The Bertz CT molecular complexity index is 539. The van der Waals surface area contributed by atoms with Crippen LogP contribution in [0.5, 0.6) is 0 Å². The number of hydrogen-bond acceptors (Lipinski definition) is 2. The summed E-state index contributed by atoms with van der Waals surface area (Å²) in [6, 6.07) is 5.59. The van der Waals surface area contributed by atoms with E-state index in [1.54, 1.807) is 6.07 Å². The lowest BCUT2D eigenvalue weighted by Gasteiger charge is -2.24. The van der Waals surface area contributed by atoms with Crippen molar-refractivity contribution in [1.82, 2.24) is 0 Å². The number of hydrogen-bond donors (Lipinski definition) is 1. The SMILES string of the molecule is C/C=C/C(C)(C)c1cc(C(=O)CCC(=O)O)ccc1C. The molecule has 3 nitrogen and oxygen atoms in total. The Balaban J connectivity index is 3.08. The van der Waals surface area contributed by atoms with Gasteiger partial charge in [-0.2, -0.15) is 0 Å². The van der Waals surface area contributed by atoms with Crippen LogP contribution in [-0.2, 0) is 10.2 Å². The lowest BCUT2D eigenvalue weighted by molar-refractivity contribution is -0.136. The Morgan fingerprint density at radius 3 is 2.45 bits per heavy atom. The van der Waals surface area contributed by atoms with Crippen molar-refractivity contribution < 1.29 is 14.7 Å². The summed E-state index contributed by atoms with van der Waals surface area (Å²) in [5, 5.41) is 8.65. The highest BCUT2D eigenvalue weighted by molar-refractivity contribution is 5.97. The summed E-state index contributed by atoms with van der Waals surface area (Å²) in [6.45, 7) is 8.19. The lowest BCUT2D eigenvalue weighted by Crippen LogP contribution is -2.16. The van der Waals surface area contributed by atoms with Gasteiger partial charge in [0, 0.05) is 17.4 Å². The average Bonchev–Trinajstić information content (AvgIpc) is 2.36. The molecule has 0 spiro atoms. The van der Waals surface area contributed by atoms with Crippen molar-refractivity contribution in [2.45, 2.75) is 46.0 Å². The molecule has 0 saturated carbocycles. The number of allylic oxidation sites excluding steroid dienone is 2. The van der Waals surface area contributed by atoms with E-state index in [1.165, 1.54) is 0 Å². The molecule has 1 aromatic carbocycles. The van der Waals surface area contributed by atoms with Crippen molar-refractivity contribution in [3.05, 3.63) is 47.0 Å². The van der Waals surface area contributed by atoms with Crippen molar-refractivity contribution in [3.8, 4) is 0 Å². The minimum Gasteiger partial charge on any atom is -0.481 e. The number of ketones is 1. The van der Waals surface area contributed by atoms with Gasteiger partial charge in [0.1, 0.15) is 0 Å². The third-order valence-electron chi connectivity index (χ3n) is 3.40. The molecule has 0 heterocycles. The Morgan fingerprint density at radius 1 is 1.25 bits per heavy atom. The van der Waals surface area contributed by atoms with Crippen molar-refractivity contribution in [3.63, 3.8) is 0 Å². The highest BCUT2D eigenvalue weighted by atomic mass is 16.4. The highest BCUT2D eigenvalue weighted by Crippen LogP contribution is 2.29. The third-order valence-corrected chi connectivity index (χ3v) is 3.40.